The van der Waals surface area contributed by atoms with Gasteiger partial charge in [0.2, 0.25) is 0 Å². The molecule has 0 amide bonds. The number of carbonyl (C=O) groups is 1. The summed E-state index contributed by atoms with van der Waals surface area (Å²) in [6.07, 6.45) is 9.62. The van der Waals surface area contributed by atoms with Crippen molar-refractivity contribution in [1.82, 2.24) is 19.9 Å². The fourth-order valence-corrected chi connectivity index (χ4v) is 5.37. The van der Waals surface area contributed by atoms with E-state index >= 15 is 0 Å². The second-order valence-electron chi connectivity index (χ2n) is 10.3. The Morgan fingerprint density at radius 2 is 2.08 bits per heavy atom. The molecule has 38 heavy (non-hydrogen) atoms. The Bertz CT molecular complexity index is 1210. The first-order valence-corrected chi connectivity index (χ1v) is 13.9. The number of aromatic nitrogens is 3. The van der Waals surface area contributed by atoms with E-state index in [1.54, 1.807) is 0 Å². The Labute approximate surface area is 224 Å². The van der Waals surface area contributed by atoms with Crippen molar-refractivity contribution in [3.63, 3.8) is 0 Å². The summed E-state index contributed by atoms with van der Waals surface area (Å²) >= 11 is 0. The van der Waals surface area contributed by atoms with Crippen LogP contribution in [-0.4, -0.2) is 75.9 Å². The van der Waals surface area contributed by atoms with Crippen molar-refractivity contribution in [3.8, 4) is 0 Å². The number of fused-ring (bicyclic) bond motifs is 2. The van der Waals surface area contributed by atoms with Crippen molar-refractivity contribution in [3.05, 3.63) is 54.0 Å². The number of ether oxygens (including phenoxy) is 1. The number of aryl methyl sites for hydroxylation is 2. The SMILES string of the molecule is O=C(O)C(CCN(CCCCc1ccc2c(n1)NCCC2)CC1CCCO1)Nc1ncnc2ccccc12. The zero-order valence-corrected chi connectivity index (χ0v) is 21.9. The van der Waals surface area contributed by atoms with E-state index in [1.165, 1.54) is 18.3 Å². The Kier molecular flexibility index (Phi) is 8.98. The quantitative estimate of drug-likeness (QED) is 0.287. The summed E-state index contributed by atoms with van der Waals surface area (Å²) < 4.78 is 5.90. The molecule has 0 radical (unpaired) electrons. The van der Waals surface area contributed by atoms with E-state index in [0.717, 1.165) is 87.2 Å². The lowest BCUT2D eigenvalue weighted by Crippen LogP contribution is -2.38. The van der Waals surface area contributed by atoms with Crippen LogP contribution in [0.3, 0.4) is 0 Å². The van der Waals surface area contributed by atoms with Gasteiger partial charge in [0.1, 0.15) is 24.0 Å². The maximum absolute atomic E-state index is 12.2. The minimum Gasteiger partial charge on any atom is -0.480 e. The average molecular weight is 519 g/mol. The molecule has 0 saturated carbocycles. The predicted molar refractivity (Wildman–Crippen MR) is 149 cm³/mol. The van der Waals surface area contributed by atoms with Crippen LogP contribution in [-0.2, 0) is 22.4 Å². The molecule has 0 bridgehead atoms. The smallest absolute Gasteiger partial charge is 0.326 e. The monoisotopic (exact) mass is 518 g/mol. The van der Waals surface area contributed by atoms with Gasteiger partial charge in [-0.1, -0.05) is 18.2 Å². The molecule has 202 valence electrons. The normalized spacial score (nSPS) is 17.8. The first-order valence-electron chi connectivity index (χ1n) is 13.9. The number of carboxylic acid groups (broad SMARTS) is 1. The van der Waals surface area contributed by atoms with Gasteiger partial charge in [-0.05, 0) is 81.7 Å². The first kappa shape index (κ1) is 26.3. The highest BCUT2D eigenvalue weighted by molar-refractivity contribution is 5.90. The standard InChI is InChI=1S/C29H38N6O3/c36-29(37)26(34-28-24-10-1-2-11-25(24)31-20-32-28)14-17-35(19-23-9-6-18-38-23)16-4-3-8-22-13-12-21-7-5-15-30-27(21)33-22/h1-2,10-13,20,23,26H,3-9,14-19H2,(H,30,33)(H,36,37)(H,31,32,34). The van der Waals surface area contributed by atoms with Crippen molar-refractivity contribution in [1.29, 1.82) is 0 Å². The number of nitrogens with one attached hydrogen (secondary N) is 2. The molecule has 3 aromatic rings. The second-order valence-corrected chi connectivity index (χ2v) is 10.3. The highest BCUT2D eigenvalue weighted by Gasteiger charge is 2.23. The van der Waals surface area contributed by atoms with Crippen LogP contribution in [0.2, 0.25) is 0 Å². The van der Waals surface area contributed by atoms with E-state index in [1.807, 2.05) is 24.3 Å². The Hall–Kier alpha value is -3.30. The molecule has 4 heterocycles. The largest absolute Gasteiger partial charge is 0.480 e. The lowest BCUT2D eigenvalue weighted by Gasteiger charge is -2.27. The van der Waals surface area contributed by atoms with E-state index < -0.39 is 12.0 Å². The van der Waals surface area contributed by atoms with Crippen LogP contribution >= 0.6 is 0 Å². The van der Waals surface area contributed by atoms with Crippen LogP contribution in [0, 0.1) is 0 Å². The topological polar surface area (TPSA) is 112 Å². The molecule has 3 N–H and O–H groups in total. The molecular weight excluding hydrogens is 480 g/mol. The summed E-state index contributed by atoms with van der Waals surface area (Å²) in [5.41, 5.74) is 3.24. The van der Waals surface area contributed by atoms with Crippen molar-refractivity contribution < 1.29 is 14.6 Å². The van der Waals surface area contributed by atoms with Crippen molar-refractivity contribution in [2.75, 3.05) is 43.4 Å². The third-order valence-electron chi connectivity index (χ3n) is 7.48. The summed E-state index contributed by atoms with van der Waals surface area (Å²) in [4.78, 5) is 28.0. The van der Waals surface area contributed by atoms with E-state index in [0.29, 0.717) is 18.8 Å². The van der Waals surface area contributed by atoms with Crippen LogP contribution in [0.5, 0.6) is 0 Å². The van der Waals surface area contributed by atoms with Gasteiger partial charge >= 0.3 is 5.97 Å². The number of hydrogen-bond donors (Lipinski definition) is 3. The number of rotatable bonds is 13. The summed E-state index contributed by atoms with van der Waals surface area (Å²) in [5.74, 6) is 0.731. The molecule has 1 aromatic carbocycles. The summed E-state index contributed by atoms with van der Waals surface area (Å²) in [5, 5.41) is 17.4. The Morgan fingerprint density at radius 3 is 2.95 bits per heavy atom. The number of carboxylic acids is 1. The molecule has 2 atom stereocenters. The fourth-order valence-electron chi connectivity index (χ4n) is 5.37. The van der Waals surface area contributed by atoms with Gasteiger partial charge in [0, 0.05) is 37.3 Å². The molecule has 9 nitrogen and oxygen atoms in total. The van der Waals surface area contributed by atoms with Gasteiger partial charge in [-0.25, -0.2) is 19.7 Å². The highest BCUT2D eigenvalue weighted by atomic mass is 16.5. The number of pyridine rings is 1. The van der Waals surface area contributed by atoms with E-state index in [9.17, 15) is 9.90 Å². The van der Waals surface area contributed by atoms with Crippen LogP contribution in [0.25, 0.3) is 10.9 Å². The number of aliphatic carboxylic acids is 1. The molecular formula is C29H38N6O3. The molecule has 9 heteroatoms. The Morgan fingerprint density at radius 1 is 1.16 bits per heavy atom. The molecule has 0 aliphatic carbocycles. The lowest BCUT2D eigenvalue weighted by atomic mass is 10.1. The molecule has 2 aliphatic rings. The molecule has 2 aromatic heterocycles. The van der Waals surface area contributed by atoms with Gasteiger partial charge < -0.3 is 25.4 Å². The van der Waals surface area contributed by atoms with Crippen LogP contribution in [0.1, 0.15) is 49.8 Å². The summed E-state index contributed by atoms with van der Waals surface area (Å²) in [6, 6.07) is 11.3. The van der Waals surface area contributed by atoms with E-state index in [-0.39, 0.29) is 6.10 Å². The molecule has 1 saturated heterocycles. The molecule has 0 spiro atoms. The number of anilines is 2. The van der Waals surface area contributed by atoms with Gasteiger partial charge in [-0.3, -0.25) is 0 Å². The highest BCUT2D eigenvalue weighted by Crippen LogP contribution is 2.22. The zero-order chi connectivity index (χ0) is 26.2. The number of benzene rings is 1. The molecule has 2 aliphatic heterocycles. The molecule has 1 fully saturated rings. The zero-order valence-electron chi connectivity index (χ0n) is 21.9. The maximum Gasteiger partial charge on any atom is 0.326 e. The third kappa shape index (κ3) is 6.96. The van der Waals surface area contributed by atoms with Crippen molar-refractivity contribution in [2.45, 2.75) is 63.5 Å². The van der Waals surface area contributed by atoms with Crippen molar-refractivity contribution >= 4 is 28.5 Å². The first-order chi connectivity index (χ1) is 18.7. The van der Waals surface area contributed by atoms with Gasteiger partial charge in [0.25, 0.3) is 0 Å². The van der Waals surface area contributed by atoms with Crippen molar-refractivity contribution in [2.24, 2.45) is 0 Å². The fraction of sp³-hybridized carbons (Fsp3) is 0.517. The number of para-hydroxylation sites is 1. The Balaban J connectivity index is 1.16. The molecule has 2 unspecified atom stereocenters. The predicted octanol–water partition coefficient (Wildman–Crippen LogP) is 4.14. The van der Waals surface area contributed by atoms with Gasteiger partial charge in [-0.2, -0.15) is 0 Å². The van der Waals surface area contributed by atoms with Gasteiger partial charge in [-0.15, -0.1) is 0 Å². The van der Waals surface area contributed by atoms with E-state index in [2.05, 4.69) is 37.6 Å². The van der Waals surface area contributed by atoms with Crippen LogP contribution in [0.4, 0.5) is 11.6 Å². The summed E-state index contributed by atoms with van der Waals surface area (Å²) in [7, 11) is 0. The minimum absolute atomic E-state index is 0.227. The lowest BCUT2D eigenvalue weighted by molar-refractivity contribution is -0.138. The molecule has 5 rings (SSSR count). The average Bonchev–Trinajstić information content (AvgIpc) is 3.46. The third-order valence-corrected chi connectivity index (χ3v) is 7.48. The van der Waals surface area contributed by atoms with Crippen LogP contribution < -0.4 is 10.6 Å². The van der Waals surface area contributed by atoms with Crippen LogP contribution in [0.15, 0.2) is 42.7 Å². The number of nitrogens with zero attached hydrogens (tertiary/aromatic N) is 4. The maximum atomic E-state index is 12.2. The minimum atomic E-state index is -0.878. The second kappa shape index (κ2) is 13.0. The van der Waals surface area contributed by atoms with E-state index in [4.69, 9.17) is 9.72 Å². The summed E-state index contributed by atoms with van der Waals surface area (Å²) in [6.45, 7) is 4.24. The number of unbranched alkanes of at least 4 members (excludes halogenated alkanes) is 1. The van der Waals surface area contributed by atoms with Gasteiger partial charge in [0.05, 0.1) is 11.6 Å². The number of hydrogen-bond acceptors (Lipinski definition) is 8. The van der Waals surface area contributed by atoms with Gasteiger partial charge in [0.15, 0.2) is 0 Å².